The summed E-state index contributed by atoms with van der Waals surface area (Å²) in [7, 11) is 0. The van der Waals surface area contributed by atoms with Crippen LogP contribution in [0.3, 0.4) is 0 Å². The van der Waals surface area contributed by atoms with E-state index < -0.39 is 0 Å². The van der Waals surface area contributed by atoms with Gasteiger partial charge in [-0.05, 0) is 60.2 Å². The molecule has 1 aliphatic carbocycles. The van der Waals surface area contributed by atoms with E-state index in [1.165, 1.54) is 37.7 Å². The van der Waals surface area contributed by atoms with Crippen LogP contribution in [0.2, 0.25) is 0 Å². The van der Waals surface area contributed by atoms with Gasteiger partial charge in [0.1, 0.15) is 16.9 Å². The number of para-hydroxylation sites is 1. The Morgan fingerprint density at radius 2 is 1.51 bits per heavy atom. The van der Waals surface area contributed by atoms with Crippen LogP contribution < -0.4 is 0 Å². The van der Waals surface area contributed by atoms with Crippen molar-refractivity contribution in [2.24, 2.45) is 10.8 Å². The summed E-state index contributed by atoms with van der Waals surface area (Å²) < 4.78 is 7.66. The van der Waals surface area contributed by atoms with Crippen LogP contribution in [0.15, 0.2) is 89.2 Å². The van der Waals surface area contributed by atoms with Gasteiger partial charge in [0.15, 0.2) is 5.78 Å². The van der Waals surface area contributed by atoms with Crippen molar-refractivity contribution >= 4 is 49.1 Å². The number of hydrogen-bond donors (Lipinski definition) is 1. The predicted molar refractivity (Wildman–Crippen MR) is 202 cm³/mol. The minimum atomic E-state index is -0.337. The summed E-state index contributed by atoms with van der Waals surface area (Å²) in [6.07, 6.45) is 6.64. The number of pyridine rings is 1. The molecule has 0 saturated carbocycles. The standard InChI is InChI=1S/C28H18NOS.C15H28O2.Ir/c1-28(2)23-19(25-26-17(14-15-29-25)16-8-3-5-12-21(16)30-26)10-7-11-20(23)27-24(28)18-9-4-6-13-22(18)31-27;1-7-14(5,8-2)12(16)11-13(17)15(6,9-3)10-4;/h3-9,11-15H,1-2H3;11,16H,7-10H2,1-6H3;/q-1;;/b;12-11-;. The van der Waals surface area contributed by atoms with Crippen LogP contribution in [0.5, 0.6) is 0 Å². The first kappa shape index (κ1) is 36.7. The summed E-state index contributed by atoms with van der Waals surface area (Å²) in [4.78, 5) is 18.4. The molecule has 0 unspecified atom stereocenters. The Morgan fingerprint density at radius 1 is 0.878 bits per heavy atom. The minimum Gasteiger partial charge on any atom is -0.512 e. The Bertz CT molecular complexity index is 2180. The van der Waals surface area contributed by atoms with Crippen LogP contribution in [-0.4, -0.2) is 15.9 Å². The molecule has 7 rings (SSSR count). The zero-order chi connectivity index (χ0) is 34.4. The number of carbonyl (C=O) groups is 1. The van der Waals surface area contributed by atoms with Gasteiger partial charge in [-0.2, -0.15) is 0 Å². The molecule has 1 aliphatic rings. The number of aromatic nitrogens is 1. The molecule has 0 fully saturated rings. The fourth-order valence-corrected chi connectivity index (χ4v) is 8.41. The number of carbonyl (C=O) groups excluding carboxylic acids is 1. The van der Waals surface area contributed by atoms with Gasteiger partial charge >= 0.3 is 0 Å². The quantitative estimate of drug-likeness (QED) is 0.0941. The van der Waals surface area contributed by atoms with Gasteiger partial charge in [0.2, 0.25) is 0 Å². The third-order valence-electron chi connectivity index (χ3n) is 11.2. The molecule has 0 amide bonds. The van der Waals surface area contributed by atoms with Crippen LogP contribution >= 0.6 is 11.3 Å². The van der Waals surface area contributed by atoms with Gasteiger partial charge in [-0.15, -0.1) is 40.7 Å². The van der Waals surface area contributed by atoms with Crippen molar-refractivity contribution < 1.29 is 34.4 Å². The van der Waals surface area contributed by atoms with Crippen LogP contribution in [0, 0.1) is 16.9 Å². The second kappa shape index (κ2) is 14.0. The molecule has 1 radical (unpaired) electrons. The van der Waals surface area contributed by atoms with Gasteiger partial charge in [-0.25, -0.2) is 0 Å². The van der Waals surface area contributed by atoms with Gasteiger partial charge in [0.05, 0.1) is 0 Å². The summed E-state index contributed by atoms with van der Waals surface area (Å²) in [5, 5.41) is 13.7. The number of allylic oxidation sites excluding steroid dienone is 2. The first-order chi connectivity index (χ1) is 22.9. The average molecular weight is 849 g/mol. The molecule has 0 bridgehead atoms. The van der Waals surface area contributed by atoms with Crippen molar-refractivity contribution in [1.82, 2.24) is 4.98 Å². The first-order valence-corrected chi connectivity index (χ1v) is 18.0. The van der Waals surface area contributed by atoms with E-state index in [9.17, 15) is 9.90 Å². The number of fused-ring (bicyclic) bond motifs is 8. The molecule has 1 N–H and O–H groups in total. The van der Waals surface area contributed by atoms with Crippen LogP contribution in [0.4, 0.5) is 0 Å². The number of benzene rings is 3. The summed E-state index contributed by atoms with van der Waals surface area (Å²) in [6.45, 7) is 16.7. The summed E-state index contributed by atoms with van der Waals surface area (Å²) in [5.74, 6) is 0.286. The van der Waals surface area contributed by atoms with E-state index in [-0.39, 0.29) is 47.9 Å². The molecule has 6 aromatic rings. The SMILES string of the molecule is CC1(C)c2c(-c3nccc4c3oc3ccccc34)[c-]ccc2-c2sc3ccccc3c21.CCC(C)(CC)C(=O)/C=C(\O)C(C)(CC)CC.[Ir]. The van der Waals surface area contributed by atoms with Crippen LogP contribution in [-0.2, 0) is 30.3 Å². The monoisotopic (exact) mass is 849 g/mol. The number of nitrogens with zero attached hydrogens (tertiary/aromatic N) is 1. The zero-order valence-corrected chi connectivity index (χ0v) is 33.0. The molecule has 0 atom stereocenters. The average Bonchev–Trinajstić information content (AvgIpc) is 3.76. The molecule has 3 aromatic carbocycles. The van der Waals surface area contributed by atoms with E-state index in [2.05, 4.69) is 62.4 Å². The van der Waals surface area contributed by atoms with E-state index in [1.807, 2.05) is 83.3 Å². The molecule has 0 saturated heterocycles. The molecule has 257 valence electrons. The van der Waals surface area contributed by atoms with E-state index in [4.69, 9.17) is 9.40 Å². The van der Waals surface area contributed by atoms with Gasteiger partial charge in [0, 0.05) is 69.3 Å². The second-order valence-electron chi connectivity index (χ2n) is 14.1. The predicted octanol–water partition coefficient (Wildman–Crippen LogP) is 12.6. The Kier molecular flexibility index (Phi) is 10.5. The Balaban J connectivity index is 0.000000226. The minimum absolute atomic E-state index is 0. The molecule has 49 heavy (non-hydrogen) atoms. The molecule has 3 aromatic heterocycles. The van der Waals surface area contributed by atoms with Crippen molar-refractivity contribution in [3.63, 3.8) is 0 Å². The van der Waals surface area contributed by atoms with Crippen LogP contribution in [0.1, 0.15) is 92.2 Å². The maximum atomic E-state index is 12.2. The van der Waals surface area contributed by atoms with Crippen molar-refractivity contribution in [1.29, 1.82) is 0 Å². The van der Waals surface area contributed by atoms with Gasteiger partial charge in [-0.1, -0.05) is 97.4 Å². The van der Waals surface area contributed by atoms with E-state index in [1.54, 1.807) is 0 Å². The normalized spacial score (nSPS) is 13.9. The second-order valence-corrected chi connectivity index (χ2v) is 15.2. The van der Waals surface area contributed by atoms with Gasteiger partial charge in [-0.3, -0.25) is 4.79 Å². The fraction of sp³-hybridized carbons (Fsp3) is 0.349. The fourth-order valence-electron chi connectivity index (χ4n) is 7.02. The topological polar surface area (TPSA) is 63.3 Å². The van der Waals surface area contributed by atoms with Gasteiger partial charge < -0.3 is 14.5 Å². The Morgan fingerprint density at radius 3 is 2.18 bits per heavy atom. The van der Waals surface area contributed by atoms with Crippen molar-refractivity contribution in [2.75, 3.05) is 0 Å². The van der Waals surface area contributed by atoms with Crippen molar-refractivity contribution in [3.8, 4) is 21.7 Å². The molecule has 0 aliphatic heterocycles. The number of rotatable bonds is 8. The third-order valence-corrected chi connectivity index (χ3v) is 12.4. The maximum Gasteiger partial charge on any atom is 0.164 e. The largest absolute Gasteiger partial charge is 0.512 e. The third kappa shape index (κ3) is 6.11. The van der Waals surface area contributed by atoms with Crippen LogP contribution in [0.25, 0.3) is 53.7 Å². The summed E-state index contributed by atoms with van der Waals surface area (Å²) in [6, 6.07) is 26.7. The number of furan rings is 1. The molecular weight excluding hydrogens is 803 g/mol. The van der Waals surface area contributed by atoms with Gasteiger partial charge in [0.25, 0.3) is 0 Å². The number of aliphatic hydroxyl groups is 1. The summed E-state index contributed by atoms with van der Waals surface area (Å²) >= 11 is 1.88. The number of thiophene rings is 1. The van der Waals surface area contributed by atoms with Crippen molar-refractivity contribution in [2.45, 2.75) is 86.5 Å². The first-order valence-electron chi connectivity index (χ1n) is 17.2. The molecule has 4 nitrogen and oxygen atoms in total. The zero-order valence-electron chi connectivity index (χ0n) is 29.8. The maximum absolute atomic E-state index is 12.2. The van der Waals surface area contributed by atoms with E-state index in [0.717, 1.165) is 58.9 Å². The van der Waals surface area contributed by atoms with E-state index >= 15 is 0 Å². The number of hydrogen-bond acceptors (Lipinski definition) is 5. The molecule has 0 spiro atoms. The number of ketones is 1. The molecule has 6 heteroatoms. The molecule has 3 heterocycles. The summed E-state index contributed by atoms with van der Waals surface area (Å²) in [5.41, 5.74) is 6.90. The van der Waals surface area contributed by atoms with E-state index in [0.29, 0.717) is 0 Å². The Hall–Kier alpha value is -3.57. The Labute approximate surface area is 308 Å². The molecular formula is C43H46IrNO3S-. The number of aliphatic hydroxyl groups excluding tert-OH is 1. The van der Waals surface area contributed by atoms with Crippen molar-refractivity contribution in [3.05, 3.63) is 102 Å². The smallest absolute Gasteiger partial charge is 0.164 e.